The van der Waals surface area contributed by atoms with E-state index in [1.54, 1.807) is 0 Å². The van der Waals surface area contributed by atoms with E-state index in [-0.39, 0.29) is 11.5 Å². The fraction of sp³-hybridized carbons (Fsp3) is 0.818. The summed E-state index contributed by atoms with van der Waals surface area (Å²) in [7, 11) is -2.98. The zero-order valence-corrected chi connectivity index (χ0v) is 11.7. The average Bonchev–Trinajstić information content (AvgIpc) is 2.72. The molecule has 0 bridgehead atoms. The van der Waals surface area contributed by atoms with Gasteiger partial charge in [-0.15, -0.1) is 0 Å². The second-order valence-corrected chi connectivity index (χ2v) is 7.82. The molecule has 1 saturated heterocycles. The summed E-state index contributed by atoms with van der Waals surface area (Å²) in [5.41, 5.74) is 5.49. The van der Waals surface area contributed by atoms with Gasteiger partial charge in [0.05, 0.1) is 11.5 Å². The van der Waals surface area contributed by atoms with Crippen molar-refractivity contribution in [1.82, 2.24) is 14.8 Å². The van der Waals surface area contributed by atoms with E-state index in [1.165, 1.54) is 6.33 Å². The SMILES string of the molecule is CC(C)Cn1ncnc1CC1(N)CCS(=O)(=O)C1. The lowest BCUT2D eigenvalue weighted by Crippen LogP contribution is -2.44. The van der Waals surface area contributed by atoms with Crippen LogP contribution in [0.3, 0.4) is 0 Å². The van der Waals surface area contributed by atoms with Gasteiger partial charge in [0.2, 0.25) is 0 Å². The first-order chi connectivity index (χ1) is 8.30. The fourth-order valence-electron chi connectivity index (χ4n) is 2.32. The minimum Gasteiger partial charge on any atom is -0.324 e. The van der Waals surface area contributed by atoms with E-state index in [9.17, 15) is 8.42 Å². The maximum Gasteiger partial charge on any atom is 0.152 e. The maximum atomic E-state index is 11.5. The molecule has 2 rings (SSSR count). The smallest absolute Gasteiger partial charge is 0.152 e. The van der Waals surface area contributed by atoms with Crippen LogP contribution in [0.25, 0.3) is 0 Å². The first kappa shape index (κ1) is 13.5. The van der Waals surface area contributed by atoms with Gasteiger partial charge in [-0.25, -0.2) is 18.1 Å². The summed E-state index contributed by atoms with van der Waals surface area (Å²) >= 11 is 0. The van der Waals surface area contributed by atoms with Gasteiger partial charge in [-0.3, -0.25) is 0 Å². The van der Waals surface area contributed by atoms with Crippen LogP contribution in [0.1, 0.15) is 26.1 Å². The monoisotopic (exact) mass is 272 g/mol. The molecular formula is C11H20N4O2S. The van der Waals surface area contributed by atoms with E-state index in [1.807, 2.05) is 4.68 Å². The first-order valence-electron chi connectivity index (χ1n) is 6.16. The third-order valence-electron chi connectivity index (χ3n) is 3.16. The molecule has 6 nitrogen and oxygen atoms in total. The minimum atomic E-state index is -2.98. The van der Waals surface area contributed by atoms with Crippen molar-refractivity contribution in [1.29, 1.82) is 0 Å². The van der Waals surface area contributed by atoms with Crippen LogP contribution in [0, 0.1) is 5.92 Å². The highest BCUT2D eigenvalue weighted by Gasteiger charge is 2.40. The lowest BCUT2D eigenvalue weighted by molar-refractivity contribution is 0.418. The number of hydrogen-bond donors (Lipinski definition) is 1. The molecule has 0 aromatic carbocycles. The summed E-state index contributed by atoms with van der Waals surface area (Å²) in [5, 5.41) is 4.17. The van der Waals surface area contributed by atoms with Gasteiger partial charge >= 0.3 is 0 Å². The zero-order chi connectivity index (χ0) is 13.4. The van der Waals surface area contributed by atoms with Crippen LogP contribution in [-0.4, -0.2) is 40.2 Å². The molecule has 1 aliphatic heterocycles. The van der Waals surface area contributed by atoms with Crippen LogP contribution in [0.5, 0.6) is 0 Å². The van der Waals surface area contributed by atoms with E-state index in [2.05, 4.69) is 23.9 Å². The molecule has 102 valence electrons. The van der Waals surface area contributed by atoms with Crippen molar-refractivity contribution in [3.8, 4) is 0 Å². The highest BCUT2D eigenvalue weighted by molar-refractivity contribution is 7.91. The molecule has 0 radical (unpaired) electrons. The van der Waals surface area contributed by atoms with Crippen molar-refractivity contribution in [2.75, 3.05) is 11.5 Å². The van der Waals surface area contributed by atoms with Crippen LogP contribution in [0.2, 0.25) is 0 Å². The average molecular weight is 272 g/mol. The van der Waals surface area contributed by atoms with Gasteiger partial charge < -0.3 is 5.73 Å². The lowest BCUT2D eigenvalue weighted by atomic mass is 9.95. The number of aromatic nitrogens is 3. The predicted molar refractivity (Wildman–Crippen MR) is 68.8 cm³/mol. The normalized spacial score (nSPS) is 26.9. The third kappa shape index (κ3) is 3.08. The molecule has 0 spiro atoms. The molecule has 0 aliphatic carbocycles. The summed E-state index contributed by atoms with van der Waals surface area (Å²) in [6.45, 7) is 4.98. The van der Waals surface area contributed by atoms with Gasteiger partial charge in [-0.1, -0.05) is 13.8 Å². The first-order valence-corrected chi connectivity index (χ1v) is 7.98. The van der Waals surface area contributed by atoms with E-state index < -0.39 is 15.4 Å². The molecule has 1 aromatic rings. The number of nitrogens with two attached hydrogens (primary N) is 1. The Bertz CT molecular complexity index is 523. The minimum absolute atomic E-state index is 0.0501. The van der Waals surface area contributed by atoms with Crippen LogP contribution in [0.4, 0.5) is 0 Å². The molecule has 1 aliphatic rings. The molecule has 7 heteroatoms. The van der Waals surface area contributed by atoms with Gasteiger partial charge in [0.25, 0.3) is 0 Å². The Balaban J connectivity index is 2.13. The highest BCUT2D eigenvalue weighted by Crippen LogP contribution is 2.24. The summed E-state index contributed by atoms with van der Waals surface area (Å²) < 4.78 is 24.9. The highest BCUT2D eigenvalue weighted by atomic mass is 32.2. The van der Waals surface area contributed by atoms with E-state index >= 15 is 0 Å². The second kappa shape index (κ2) is 4.62. The Morgan fingerprint density at radius 1 is 1.56 bits per heavy atom. The molecule has 1 aromatic heterocycles. The van der Waals surface area contributed by atoms with Crippen LogP contribution in [0.15, 0.2) is 6.33 Å². The topological polar surface area (TPSA) is 90.9 Å². The summed E-state index contributed by atoms with van der Waals surface area (Å²) in [4.78, 5) is 4.20. The Morgan fingerprint density at radius 2 is 2.28 bits per heavy atom. The van der Waals surface area contributed by atoms with Gasteiger partial charge in [0.1, 0.15) is 12.2 Å². The molecular weight excluding hydrogens is 252 g/mol. The number of hydrogen-bond acceptors (Lipinski definition) is 5. The van der Waals surface area contributed by atoms with Gasteiger partial charge in [0, 0.05) is 18.5 Å². The zero-order valence-electron chi connectivity index (χ0n) is 10.8. The van der Waals surface area contributed by atoms with Crippen LogP contribution < -0.4 is 5.73 Å². The van der Waals surface area contributed by atoms with E-state index in [0.29, 0.717) is 18.8 Å². The van der Waals surface area contributed by atoms with Gasteiger partial charge in [0.15, 0.2) is 9.84 Å². The largest absolute Gasteiger partial charge is 0.324 e. The Hall–Kier alpha value is -0.950. The maximum absolute atomic E-state index is 11.5. The summed E-state index contributed by atoms with van der Waals surface area (Å²) in [6, 6.07) is 0. The quantitative estimate of drug-likeness (QED) is 0.832. The third-order valence-corrected chi connectivity index (χ3v) is 5.00. The van der Waals surface area contributed by atoms with Crippen molar-refractivity contribution in [2.24, 2.45) is 11.7 Å². The summed E-state index contributed by atoms with van der Waals surface area (Å²) in [6.07, 6.45) is 2.48. The standard InChI is InChI=1S/C11H20N4O2S/c1-9(2)6-15-10(13-8-14-15)5-11(12)3-4-18(16,17)7-11/h8-9H,3-7,12H2,1-2H3. The van der Waals surface area contributed by atoms with Crippen molar-refractivity contribution < 1.29 is 8.42 Å². The van der Waals surface area contributed by atoms with Gasteiger partial charge in [-0.2, -0.15) is 5.10 Å². The number of sulfone groups is 1. The van der Waals surface area contributed by atoms with Crippen molar-refractivity contribution in [2.45, 2.75) is 38.8 Å². The van der Waals surface area contributed by atoms with E-state index in [0.717, 1.165) is 12.4 Å². The molecule has 1 atom stereocenters. The van der Waals surface area contributed by atoms with E-state index in [4.69, 9.17) is 5.73 Å². The second-order valence-electron chi connectivity index (χ2n) is 5.63. The lowest BCUT2D eigenvalue weighted by Gasteiger charge is -2.21. The molecule has 1 unspecified atom stereocenters. The Morgan fingerprint density at radius 3 is 2.83 bits per heavy atom. The van der Waals surface area contributed by atoms with Crippen molar-refractivity contribution in [3.05, 3.63) is 12.2 Å². The van der Waals surface area contributed by atoms with Crippen LogP contribution >= 0.6 is 0 Å². The summed E-state index contributed by atoms with van der Waals surface area (Å²) in [5.74, 6) is 1.48. The molecule has 0 saturated carbocycles. The molecule has 2 heterocycles. The van der Waals surface area contributed by atoms with Crippen LogP contribution in [-0.2, 0) is 22.8 Å². The Labute approximate surface area is 108 Å². The van der Waals surface area contributed by atoms with Crippen molar-refractivity contribution in [3.63, 3.8) is 0 Å². The number of rotatable bonds is 4. The predicted octanol–water partition coefficient (Wildman–Crippen LogP) is -0.00740. The van der Waals surface area contributed by atoms with Crippen molar-refractivity contribution >= 4 is 9.84 Å². The molecule has 1 fully saturated rings. The molecule has 18 heavy (non-hydrogen) atoms. The van der Waals surface area contributed by atoms with Gasteiger partial charge in [-0.05, 0) is 12.3 Å². The number of nitrogens with zero attached hydrogens (tertiary/aromatic N) is 3. The molecule has 0 amide bonds. The fourth-order valence-corrected chi connectivity index (χ4v) is 4.30. The Kier molecular flexibility index (Phi) is 3.46. The molecule has 2 N–H and O–H groups in total.